The van der Waals surface area contributed by atoms with Crippen LogP contribution in [0.2, 0.25) is 0 Å². The van der Waals surface area contributed by atoms with E-state index in [4.69, 9.17) is 4.42 Å². The summed E-state index contributed by atoms with van der Waals surface area (Å²) in [5.41, 5.74) is 17.9. The molecule has 2 aliphatic rings. The number of benzene rings is 10. The Hall–Kier alpha value is -8.14. The third-order valence-corrected chi connectivity index (χ3v) is 13.2. The lowest BCUT2D eigenvalue weighted by molar-refractivity contribution is 0.669. The van der Waals surface area contributed by atoms with Crippen molar-refractivity contribution >= 4 is 66.8 Å². The van der Waals surface area contributed by atoms with E-state index in [0.29, 0.717) is 0 Å². The number of hydrogen-bond donors (Lipinski definition) is 0. The van der Waals surface area contributed by atoms with Gasteiger partial charge in [0, 0.05) is 50.7 Å². The van der Waals surface area contributed by atoms with Crippen molar-refractivity contribution in [1.29, 1.82) is 0 Å². The summed E-state index contributed by atoms with van der Waals surface area (Å²) in [5, 5.41) is 4.67. The van der Waals surface area contributed by atoms with Gasteiger partial charge < -0.3 is 14.2 Å². The Labute approximate surface area is 360 Å². The summed E-state index contributed by atoms with van der Waals surface area (Å²) < 4.78 is 6.59. The first-order valence-corrected chi connectivity index (χ1v) is 21.4. The van der Waals surface area contributed by atoms with Crippen LogP contribution in [0.4, 0.5) is 34.1 Å². The highest BCUT2D eigenvalue weighted by atomic mass is 16.3. The van der Waals surface area contributed by atoms with E-state index in [1.807, 2.05) is 6.07 Å². The van der Waals surface area contributed by atoms with Gasteiger partial charge in [0.2, 0.25) is 0 Å². The molecule has 2 aliphatic carbocycles. The lowest BCUT2D eigenvalue weighted by Gasteiger charge is -2.36. The first-order valence-electron chi connectivity index (χ1n) is 21.4. The Kier molecular flexibility index (Phi) is 7.52. The molecule has 1 aromatic heterocycles. The molecule has 0 saturated heterocycles. The van der Waals surface area contributed by atoms with Crippen LogP contribution >= 0.6 is 0 Å². The molecular weight excluding hydrogens is 753 g/mol. The van der Waals surface area contributed by atoms with Crippen LogP contribution < -0.4 is 9.80 Å². The van der Waals surface area contributed by atoms with Gasteiger partial charge in [-0.2, -0.15) is 0 Å². The summed E-state index contributed by atoms with van der Waals surface area (Å²) in [7, 11) is 0. The van der Waals surface area contributed by atoms with Crippen LogP contribution in [0.15, 0.2) is 235 Å². The van der Waals surface area contributed by atoms with Crippen LogP contribution in [0.1, 0.15) is 22.3 Å². The molecule has 13 rings (SSSR count). The zero-order valence-electron chi connectivity index (χ0n) is 33.7. The second-order valence-corrected chi connectivity index (χ2v) is 16.4. The van der Waals surface area contributed by atoms with Crippen LogP contribution in [-0.4, -0.2) is 0 Å². The van der Waals surface area contributed by atoms with E-state index < -0.39 is 5.41 Å². The standard InChI is InChI=1S/C59H38N2O/c1-4-20-40(21-5-1)60(41-22-6-2-7-23-41)52-33-18-32-51-57(52)48-29-13-16-31-50(48)59(51)49-30-15-12-28-47(49)56-44-26-11-10-19-39(44)37-53(58(56)59)61(42-24-8-3-9-25-42)43-35-36-46-45-27-14-17-34-54(45)62-55(46)38-43/h1-38H. The fraction of sp³-hybridized carbons (Fsp3) is 0.0169. The van der Waals surface area contributed by atoms with E-state index in [0.717, 1.165) is 56.1 Å². The minimum atomic E-state index is -0.664. The van der Waals surface area contributed by atoms with Gasteiger partial charge in [0.15, 0.2) is 0 Å². The normalized spacial score (nSPS) is 14.5. The molecule has 1 unspecified atom stereocenters. The molecule has 0 aliphatic heterocycles. The monoisotopic (exact) mass is 790 g/mol. The molecular formula is C59H38N2O. The Morgan fingerprint density at radius 1 is 0.323 bits per heavy atom. The predicted octanol–water partition coefficient (Wildman–Crippen LogP) is 16.0. The van der Waals surface area contributed by atoms with Crippen molar-refractivity contribution in [1.82, 2.24) is 0 Å². The van der Waals surface area contributed by atoms with E-state index >= 15 is 0 Å². The maximum absolute atomic E-state index is 6.59. The van der Waals surface area contributed by atoms with Crippen molar-refractivity contribution in [2.24, 2.45) is 0 Å². The highest BCUT2D eigenvalue weighted by Gasteiger charge is 2.54. The van der Waals surface area contributed by atoms with Crippen molar-refractivity contribution < 1.29 is 4.42 Å². The Morgan fingerprint density at radius 2 is 0.839 bits per heavy atom. The van der Waals surface area contributed by atoms with Gasteiger partial charge in [-0.3, -0.25) is 0 Å². The molecule has 0 N–H and O–H groups in total. The van der Waals surface area contributed by atoms with Crippen LogP contribution in [0.3, 0.4) is 0 Å². The van der Waals surface area contributed by atoms with Gasteiger partial charge in [0.1, 0.15) is 11.2 Å². The Balaban J connectivity index is 1.17. The van der Waals surface area contributed by atoms with Crippen LogP contribution in [-0.2, 0) is 5.41 Å². The summed E-state index contributed by atoms with van der Waals surface area (Å²) >= 11 is 0. The average molecular weight is 791 g/mol. The van der Waals surface area contributed by atoms with Gasteiger partial charge in [-0.05, 0) is 111 Å². The van der Waals surface area contributed by atoms with Crippen molar-refractivity contribution in [3.8, 4) is 22.3 Å². The smallest absolute Gasteiger partial charge is 0.137 e. The summed E-state index contributed by atoms with van der Waals surface area (Å²) in [6.07, 6.45) is 0. The first-order chi connectivity index (χ1) is 30.8. The fourth-order valence-electron chi connectivity index (χ4n) is 10.8. The highest BCUT2D eigenvalue weighted by molar-refractivity contribution is 6.12. The molecule has 1 atom stereocenters. The van der Waals surface area contributed by atoms with Gasteiger partial charge in [-0.1, -0.05) is 158 Å². The van der Waals surface area contributed by atoms with Crippen molar-refractivity contribution in [3.05, 3.63) is 253 Å². The number of rotatable bonds is 6. The molecule has 10 aromatic carbocycles. The van der Waals surface area contributed by atoms with Gasteiger partial charge >= 0.3 is 0 Å². The molecule has 3 nitrogen and oxygen atoms in total. The minimum absolute atomic E-state index is 0.664. The lowest BCUT2D eigenvalue weighted by atomic mass is 9.69. The zero-order valence-corrected chi connectivity index (χ0v) is 33.7. The predicted molar refractivity (Wildman–Crippen MR) is 257 cm³/mol. The molecule has 0 saturated carbocycles. The molecule has 1 heterocycles. The summed E-state index contributed by atoms with van der Waals surface area (Å²) in [6.45, 7) is 0. The molecule has 0 bridgehead atoms. The van der Waals surface area contributed by atoms with Gasteiger partial charge in [0.05, 0.1) is 16.8 Å². The van der Waals surface area contributed by atoms with Crippen LogP contribution in [0, 0.1) is 0 Å². The Morgan fingerprint density at radius 3 is 1.52 bits per heavy atom. The van der Waals surface area contributed by atoms with Crippen molar-refractivity contribution in [2.45, 2.75) is 5.41 Å². The molecule has 0 radical (unpaired) electrons. The van der Waals surface area contributed by atoms with Crippen LogP contribution in [0.25, 0.3) is 55.0 Å². The van der Waals surface area contributed by atoms with Crippen molar-refractivity contribution in [2.75, 3.05) is 9.80 Å². The number of nitrogens with zero attached hydrogens (tertiary/aromatic N) is 2. The van der Waals surface area contributed by atoms with Crippen molar-refractivity contribution in [3.63, 3.8) is 0 Å². The van der Waals surface area contributed by atoms with E-state index in [1.165, 1.54) is 55.3 Å². The van der Waals surface area contributed by atoms with Crippen LogP contribution in [0.5, 0.6) is 0 Å². The topological polar surface area (TPSA) is 19.6 Å². The number of hydrogen-bond acceptors (Lipinski definition) is 3. The largest absolute Gasteiger partial charge is 0.456 e. The first kappa shape index (κ1) is 34.7. The van der Waals surface area contributed by atoms with E-state index in [9.17, 15) is 0 Å². The molecule has 290 valence electrons. The highest BCUT2D eigenvalue weighted by Crippen LogP contribution is 2.68. The SMILES string of the molecule is c1ccc(N(c2ccccc2)c2cccc3c2-c2ccccc2C32c3ccccc3-c3c2c(N(c2ccccc2)c2ccc4c(c2)oc2ccccc24)cc2ccccc32)cc1. The number of fused-ring (bicyclic) bond motifs is 15. The molecule has 3 heteroatoms. The molecule has 11 aromatic rings. The summed E-state index contributed by atoms with van der Waals surface area (Å²) in [4.78, 5) is 4.90. The summed E-state index contributed by atoms with van der Waals surface area (Å²) in [5.74, 6) is 0. The maximum Gasteiger partial charge on any atom is 0.137 e. The Bertz CT molecular complexity index is 3500. The van der Waals surface area contributed by atoms with Gasteiger partial charge in [-0.25, -0.2) is 0 Å². The quantitative estimate of drug-likeness (QED) is 0.167. The molecule has 62 heavy (non-hydrogen) atoms. The summed E-state index contributed by atoms with van der Waals surface area (Å²) in [6, 6.07) is 84.1. The zero-order chi connectivity index (χ0) is 40.8. The third kappa shape index (κ3) is 4.82. The second-order valence-electron chi connectivity index (χ2n) is 16.4. The number of furan rings is 1. The van der Waals surface area contributed by atoms with E-state index in [1.54, 1.807) is 0 Å². The molecule has 0 fully saturated rings. The van der Waals surface area contributed by atoms with E-state index in [-0.39, 0.29) is 0 Å². The second kappa shape index (κ2) is 13.4. The average Bonchev–Trinajstić information content (AvgIpc) is 3.97. The fourth-order valence-corrected chi connectivity index (χ4v) is 10.8. The molecule has 1 spiro atoms. The van der Waals surface area contributed by atoms with E-state index in [2.05, 4.69) is 234 Å². The maximum atomic E-state index is 6.59. The van der Waals surface area contributed by atoms with Gasteiger partial charge in [0.25, 0.3) is 0 Å². The lowest BCUT2D eigenvalue weighted by Crippen LogP contribution is -2.28. The van der Waals surface area contributed by atoms with Gasteiger partial charge in [-0.15, -0.1) is 0 Å². The minimum Gasteiger partial charge on any atom is -0.456 e. The third-order valence-electron chi connectivity index (χ3n) is 13.2. The number of anilines is 6. The number of para-hydroxylation sites is 4. The molecule has 0 amide bonds.